The third-order valence-corrected chi connectivity index (χ3v) is 6.16. The molecule has 0 atom stereocenters. The Morgan fingerprint density at radius 2 is 1.81 bits per heavy atom. The molecule has 2 aromatic rings. The molecule has 0 aliphatic heterocycles. The molecular weight excluding hydrogens is 409 g/mol. The average Bonchev–Trinajstić information content (AvgIpc) is 2.55. The number of sulfonamides is 1. The van der Waals surface area contributed by atoms with Crippen molar-refractivity contribution >= 4 is 33.0 Å². The molecule has 0 bridgehead atoms. The van der Waals surface area contributed by atoms with Crippen molar-refractivity contribution in [2.24, 2.45) is 0 Å². The standard InChI is InChI=1S/C16H14ClF3N2O4S/c1-3-21(11-6-7-14(17)13(8-11)16(18,19)20)27(25,26)15-9-12(22(23)24)5-4-10(15)2/h4-9H,3H2,1-2H3. The van der Waals surface area contributed by atoms with Crippen LogP contribution in [0.4, 0.5) is 24.5 Å². The van der Waals surface area contributed by atoms with Crippen molar-refractivity contribution in [3.05, 3.63) is 62.7 Å². The van der Waals surface area contributed by atoms with Gasteiger partial charge in [-0.05, 0) is 37.6 Å². The lowest BCUT2D eigenvalue weighted by atomic mass is 10.2. The van der Waals surface area contributed by atoms with Crippen LogP contribution in [0.5, 0.6) is 0 Å². The van der Waals surface area contributed by atoms with E-state index in [0.717, 1.165) is 28.6 Å². The van der Waals surface area contributed by atoms with Gasteiger partial charge in [0.15, 0.2) is 0 Å². The Kier molecular flexibility index (Phi) is 5.71. The van der Waals surface area contributed by atoms with E-state index in [9.17, 15) is 31.7 Å². The quantitative estimate of drug-likeness (QED) is 0.512. The molecular formula is C16H14ClF3N2O4S. The van der Waals surface area contributed by atoms with Crippen LogP contribution in [-0.4, -0.2) is 19.9 Å². The van der Waals surface area contributed by atoms with Crippen LogP contribution < -0.4 is 4.31 Å². The summed E-state index contributed by atoms with van der Waals surface area (Å²) in [6.07, 6.45) is -4.77. The van der Waals surface area contributed by atoms with Gasteiger partial charge in [-0.1, -0.05) is 17.7 Å². The van der Waals surface area contributed by atoms with E-state index in [-0.39, 0.29) is 22.7 Å². The third-order valence-electron chi connectivity index (χ3n) is 3.78. The normalized spacial score (nSPS) is 12.1. The van der Waals surface area contributed by atoms with Crippen LogP contribution in [-0.2, 0) is 16.2 Å². The lowest BCUT2D eigenvalue weighted by Crippen LogP contribution is -2.31. The molecule has 0 aliphatic carbocycles. The lowest BCUT2D eigenvalue weighted by molar-refractivity contribution is -0.385. The van der Waals surface area contributed by atoms with Gasteiger partial charge in [-0.25, -0.2) is 8.42 Å². The number of benzene rings is 2. The Bertz CT molecular complexity index is 994. The number of rotatable bonds is 5. The van der Waals surface area contributed by atoms with Crippen LogP contribution >= 0.6 is 11.6 Å². The van der Waals surface area contributed by atoms with Crippen molar-refractivity contribution in [2.45, 2.75) is 24.9 Å². The maximum atomic E-state index is 13.1. The summed E-state index contributed by atoms with van der Waals surface area (Å²) in [4.78, 5) is 9.84. The van der Waals surface area contributed by atoms with Crippen molar-refractivity contribution in [1.82, 2.24) is 0 Å². The maximum Gasteiger partial charge on any atom is 0.417 e. The number of nitro groups is 1. The summed E-state index contributed by atoms with van der Waals surface area (Å²) in [6, 6.07) is 6.03. The Hall–Kier alpha value is -2.33. The van der Waals surface area contributed by atoms with E-state index in [0.29, 0.717) is 6.07 Å². The lowest BCUT2D eigenvalue weighted by Gasteiger charge is -2.25. The minimum atomic E-state index is -4.77. The van der Waals surface area contributed by atoms with E-state index in [1.165, 1.54) is 19.9 Å². The zero-order valence-electron chi connectivity index (χ0n) is 14.1. The largest absolute Gasteiger partial charge is 0.417 e. The van der Waals surface area contributed by atoms with E-state index in [1.807, 2.05) is 0 Å². The Morgan fingerprint density at radius 1 is 1.19 bits per heavy atom. The fourth-order valence-electron chi connectivity index (χ4n) is 2.48. The zero-order valence-corrected chi connectivity index (χ0v) is 15.7. The molecule has 0 fully saturated rings. The summed E-state index contributed by atoms with van der Waals surface area (Å²) in [5, 5.41) is 10.4. The molecule has 11 heteroatoms. The SMILES string of the molecule is CCN(c1ccc(Cl)c(C(F)(F)F)c1)S(=O)(=O)c1cc([N+](=O)[O-])ccc1C. The second-order valence-electron chi connectivity index (χ2n) is 5.54. The highest BCUT2D eigenvalue weighted by atomic mass is 35.5. The molecule has 6 nitrogen and oxygen atoms in total. The predicted molar refractivity (Wildman–Crippen MR) is 94.5 cm³/mol. The highest BCUT2D eigenvalue weighted by Gasteiger charge is 2.35. The highest BCUT2D eigenvalue weighted by Crippen LogP contribution is 2.38. The molecule has 0 radical (unpaired) electrons. The van der Waals surface area contributed by atoms with Crippen molar-refractivity contribution in [3.63, 3.8) is 0 Å². The van der Waals surface area contributed by atoms with Gasteiger partial charge in [0.25, 0.3) is 15.7 Å². The average molecular weight is 423 g/mol. The molecule has 2 rings (SSSR count). The monoisotopic (exact) mass is 422 g/mol. The molecule has 0 saturated heterocycles. The van der Waals surface area contributed by atoms with Gasteiger partial charge >= 0.3 is 6.18 Å². The van der Waals surface area contributed by atoms with Crippen molar-refractivity contribution in [2.75, 3.05) is 10.8 Å². The van der Waals surface area contributed by atoms with Gasteiger partial charge in [0.2, 0.25) is 0 Å². The van der Waals surface area contributed by atoms with Crippen molar-refractivity contribution in [1.29, 1.82) is 0 Å². The number of alkyl halides is 3. The number of aryl methyl sites for hydroxylation is 1. The van der Waals surface area contributed by atoms with Crippen LogP contribution in [0.2, 0.25) is 5.02 Å². The second kappa shape index (κ2) is 7.35. The Labute approximate surface area is 158 Å². The highest BCUT2D eigenvalue weighted by molar-refractivity contribution is 7.92. The minimum absolute atomic E-state index is 0.191. The van der Waals surface area contributed by atoms with Gasteiger partial charge in [0.1, 0.15) is 0 Å². The first-order chi connectivity index (χ1) is 12.4. The van der Waals surface area contributed by atoms with Gasteiger partial charge in [-0.15, -0.1) is 0 Å². The van der Waals surface area contributed by atoms with Crippen LogP contribution in [0.3, 0.4) is 0 Å². The molecule has 0 aliphatic rings. The fraction of sp³-hybridized carbons (Fsp3) is 0.250. The van der Waals surface area contributed by atoms with Gasteiger partial charge < -0.3 is 0 Å². The van der Waals surface area contributed by atoms with Gasteiger partial charge in [0, 0.05) is 18.7 Å². The predicted octanol–water partition coefficient (Wildman–Crippen LogP) is 4.79. The van der Waals surface area contributed by atoms with E-state index in [4.69, 9.17) is 11.6 Å². The van der Waals surface area contributed by atoms with Gasteiger partial charge in [-0.3, -0.25) is 14.4 Å². The summed E-state index contributed by atoms with van der Waals surface area (Å²) >= 11 is 5.58. The molecule has 27 heavy (non-hydrogen) atoms. The molecule has 0 saturated carbocycles. The second-order valence-corrected chi connectivity index (χ2v) is 7.78. The number of nitrogens with zero attached hydrogens (tertiary/aromatic N) is 2. The Morgan fingerprint density at radius 3 is 2.33 bits per heavy atom. The fourth-order valence-corrected chi connectivity index (χ4v) is 4.41. The third kappa shape index (κ3) is 4.16. The van der Waals surface area contributed by atoms with Crippen molar-refractivity contribution < 1.29 is 26.5 Å². The number of hydrogen-bond donors (Lipinski definition) is 0. The topological polar surface area (TPSA) is 80.5 Å². The van der Waals surface area contributed by atoms with Crippen LogP contribution in [0.15, 0.2) is 41.3 Å². The zero-order chi connectivity index (χ0) is 20.6. The van der Waals surface area contributed by atoms with E-state index in [1.54, 1.807) is 0 Å². The molecule has 2 aromatic carbocycles. The number of nitro benzene ring substituents is 1. The van der Waals surface area contributed by atoms with Gasteiger partial charge in [-0.2, -0.15) is 13.2 Å². The summed E-state index contributed by atoms with van der Waals surface area (Å²) in [6.45, 7) is 2.68. The van der Waals surface area contributed by atoms with Crippen LogP contribution in [0, 0.1) is 17.0 Å². The van der Waals surface area contributed by atoms with Crippen molar-refractivity contribution in [3.8, 4) is 0 Å². The van der Waals surface area contributed by atoms with Crippen LogP contribution in [0.1, 0.15) is 18.1 Å². The number of non-ortho nitro benzene ring substituents is 1. The summed E-state index contributed by atoms with van der Waals surface area (Å²) in [7, 11) is -4.35. The summed E-state index contributed by atoms with van der Waals surface area (Å²) in [5.41, 5.74) is -1.64. The molecule has 0 N–H and O–H groups in total. The number of hydrogen-bond acceptors (Lipinski definition) is 4. The van der Waals surface area contributed by atoms with Crippen LogP contribution in [0.25, 0.3) is 0 Å². The Balaban J connectivity index is 2.64. The molecule has 0 amide bonds. The molecule has 0 heterocycles. The molecule has 146 valence electrons. The first-order valence-corrected chi connectivity index (χ1v) is 9.36. The maximum absolute atomic E-state index is 13.1. The molecule has 0 aromatic heterocycles. The first-order valence-electron chi connectivity index (χ1n) is 7.54. The smallest absolute Gasteiger partial charge is 0.267 e. The van der Waals surface area contributed by atoms with E-state index < -0.39 is 37.4 Å². The van der Waals surface area contributed by atoms with E-state index >= 15 is 0 Å². The first kappa shape index (κ1) is 21.0. The summed E-state index contributed by atoms with van der Waals surface area (Å²) < 4.78 is 66.0. The molecule has 0 spiro atoms. The number of halogens is 4. The number of anilines is 1. The molecule has 0 unspecified atom stereocenters. The minimum Gasteiger partial charge on any atom is -0.267 e. The summed E-state index contributed by atoms with van der Waals surface area (Å²) in [5.74, 6) is 0. The van der Waals surface area contributed by atoms with Gasteiger partial charge in [0.05, 0.1) is 26.1 Å². The van der Waals surface area contributed by atoms with E-state index in [2.05, 4.69) is 0 Å².